The van der Waals surface area contributed by atoms with Crippen molar-refractivity contribution in [3.05, 3.63) is 24.3 Å². The van der Waals surface area contributed by atoms with Gasteiger partial charge in [-0.25, -0.2) is 0 Å². The van der Waals surface area contributed by atoms with Crippen LogP contribution in [0.2, 0.25) is 0 Å². The summed E-state index contributed by atoms with van der Waals surface area (Å²) in [6, 6.07) is 7.24. The number of nitrogens with one attached hydrogen (secondary N) is 2. The van der Waals surface area contributed by atoms with Crippen molar-refractivity contribution in [2.45, 2.75) is 25.8 Å². The molecular weight excluding hydrogens is 252 g/mol. The molecule has 1 fully saturated rings. The highest BCUT2D eigenvalue weighted by Gasteiger charge is 2.24. The van der Waals surface area contributed by atoms with Gasteiger partial charge in [0.15, 0.2) is 0 Å². The maximum Gasteiger partial charge on any atom is 0.241 e. The number of anilines is 2. The fourth-order valence-corrected chi connectivity index (χ4v) is 2.63. The minimum atomic E-state index is -0.0728. The van der Waals surface area contributed by atoms with Crippen molar-refractivity contribution < 1.29 is 4.79 Å². The Bertz CT molecular complexity index is 441. The third-order valence-electron chi connectivity index (χ3n) is 3.66. The van der Waals surface area contributed by atoms with E-state index in [0.29, 0.717) is 5.69 Å². The second-order valence-electron chi connectivity index (χ2n) is 5.18. The van der Waals surface area contributed by atoms with Crippen LogP contribution in [-0.4, -0.2) is 43.0 Å². The number of carbonyl (C=O) groups excluding carboxylic acids is 1. The van der Waals surface area contributed by atoms with Gasteiger partial charge in [0.2, 0.25) is 5.91 Å². The standard InChI is InChI=1S/C15H24N4O/c1-2-14(19-9-4-7-17-8-10-19)15(20)18-13-6-3-5-12(16)11-13/h3,5-6,11,14,17H,2,4,7-10,16H2,1H3,(H,18,20). The predicted octanol–water partition coefficient (Wildman–Crippen LogP) is 1.28. The summed E-state index contributed by atoms with van der Waals surface area (Å²) in [5.74, 6) is 0.0556. The van der Waals surface area contributed by atoms with Gasteiger partial charge >= 0.3 is 0 Å². The van der Waals surface area contributed by atoms with Gasteiger partial charge in [-0.15, -0.1) is 0 Å². The molecule has 1 aromatic rings. The van der Waals surface area contributed by atoms with Crippen molar-refractivity contribution in [2.75, 3.05) is 37.2 Å². The number of nitrogens with zero attached hydrogens (tertiary/aromatic N) is 1. The minimum Gasteiger partial charge on any atom is -0.399 e. The first-order chi connectivity index (χ1) is 9.70. The fraction of sp³-hybridized carbons (Fsp3) is 0.533. The Kier molecular flexibility index (Phi) is 5.38. The molecule has 1 heterocycles. The van der Waals surface area contributed by atoms with Crippen molar-refractivity contribution in [3.63, 3.8) is 0 Å². The van der Waals surface area contributed by atoms with Gasteiger partial charge in [0.1, 0.15) is 0 Å². The lowest BCUT2D eigenvalue weighted by Gasteiger charge is -2.28. The average Bonchev–Trinajstić information content (AvgIpc) is 2.69. The monoisotopic (exact) mass is 276 g/mol. The maximum absolute atomic E-state index is 12.5. The first-order valence-corrected chi connectivity index (χ1v) is 7.32. The zero-order chi connectivity index (χ0) is 14.4. The quantitative estimate of drug-likeness (QED) is 0.725. The van der Waals surface area contributed by atoms with Gasteiger partial charge in [-0.05, 0) is 37.6 Å². The Morgan fingerprint density at radius 1 is 1.45 bits per heavy atom. The first-order valence-electron chi connectivity index (χ1n) is 7.32. The molecule has 0 aliphatic carbocycles. The Hall–Kier alpha value is -1.59. The van der Waals surface area contributed by atoms with Gasteiger partial charge < -0.3 is 16.4 Å². The number of nitrogen functional groups attached to an aromatic ring is 1. The van der Waals surface area contributed by atoms with Crippen LogP contribution >= 0.6 is 0 Å². The van der Waals surface area contributed by atoms with E-state index in [2.05, 4.69) is 22.5 Å². The van der Waals surface area contributed by atoms with Crippen molar-refractivity contribution in [2.24, 2.45) is 0 Å². The second-order valence-corrected chi connectivity index (χ2v) is 5.18. The lowest BCUT2D eigenvalue weighted by atomic mass is 10.1. The maximum atomic E-state index is 12.5. The van der Waals surface area contributed by atoms with Crippen molar-refractivity contribution >= 4 is 17.3 Å². The highest BCUT2D eigenvalue weighted by molar-refractivity contribution is 5.95. The molecule has 5 nitrogen and oxygen atoms in total. The molecule has 1 unspecified atom stereocenters. The molecule has 0 aromatic heterocycles. The van der Waals surface area contributed by atoms with Crippen LogP contribution in [0.25, 0.3) is 0 Å². The highest BCUT2D eigenvalue weighted by Crippen LogP contribution is 2.14. The number of rotatable bonds is 4. The minimum absolute atomic E-state index is 0.0556. The van der Waals surface area contributed by atoms with E-state index in [4.69, 9.17) is 5.73 Å². The first kappa shape index (κ1) is 14.8. The van der Waals surface area contributed by atoms with Crippen LogP contribution in [-0.2, 0) is 4.79 Å². The van der Waals surface area contributed by atoms with Gasteiger partial charge in [-0.2, -0.15) is 0 Å². The van der Waals surface area contributed by atoms with E-state index in [1.807, 2.05) is 18.2 Å². The molecule has 1 amide bonds. The molecule has 20 heavy (non-hydrogen) atoms. The van der Waals surface area contributed by atoms with Crippen molar-refractivity contribution in [1.29, 1.82) is 0 Å². The van der Waals surface area contributed by atoms with E-state index in [0.717, 1.165) is 44.7 Å². The van der Waals surface area contributed by atoms with Gasteiger partial charge in [0.25, 0.3) is 0 Å². The van der Waals surface area contributed by atoms with Crippen LogP contribution in [0.15, 0.2) is 24.3 Å². The molecule has 1 aliphatic heterocycles. The third-order valence-corrected chi connectivity index (χ3v) is 3.66. The Balaban J connectivity index is 2.01. The van der Waals surface area contributed by atoms with Gasteiger partial charge in [-0.1, -0.05) is 13.0 Å². The summed E-state index contributed by atoms with van der Waals surface area (Å²) in [5, 5.41) is 6.33. The van der Waals surface area contributed by atoms with E-state index in [9.17, 15) is 4.79 Å². The summed E-state index contributed by atoms with van der Waals surface area (Å²) in [6.07, 6.45) is 1.90. The summed E-state index contributed by atoms with van der Waals surface area (Å²) in [6.45, 7) is 5.92. The number of hydrogen-bond donors (Lipinski definition) is 3. The predicted molar refractivity (Wildman–Crippen MR) is 82.6 cm³/mol. The summed E-state index contributed by atoms with van der Waals surface area (Å²) >= 11 is 0. The fourth-order valence-electron chi connectivity index (χ4n) is 2.63. The SMILES string of the molecule is CCC(C(=O)Nc1cccc(N)c1)N1CCCNCC1. The molecule has 1 saturated heterocycles. The summed E-state index contributed by atoms with van der Waals surface area (Å²) in [4.78, 5) is 14.7. The summed E-state index contributed by atoms with van der Waals surface area (Å²) in [7, 11) is 0. The lowest BCUT2D eigenvalue weighted by Crippen LogP contribution is -2.45. The molecule has 1 aliphatic rings. The van der Waals surface area contributed by atoms with Crippen LogP contribution in [0.5, 0.6) is 0 Å². The zero-order valence-electron chi connectivity index (χ0n) is 12.1. The van der Waals surface area contributed by atoms with Crippen molar-refractivity contribution in [3.8, 4) is 0 Å². The van der Waals surface area contributed by atoms with Gasteiger partial charge in [-0.3, -0.25) is 9.69 Å². The van der Waals surface area contributed by atoms with E-state index >= 15 is 0 Å². The number of hydrogen-bond acceptors (Lipinski definition) is 4. The normalized spacial score (nSPS) is 18.2. The lowest BCUT2D eigenvalue weighted by molar-refractivity contribution is -0.121. The summed E-state index contributed by atoms with van der Waals surface area (Å²) in [5.41, 5.74) is 7.16. The number of carbonyl (C=O) groups is 1. The Morgan fingerprint density at radius 2 is 2.30 bits per heavy atom. The van der Waals surface area contributed by atoms with Crippen LogP contribution < -0.4 is 16.4 Å². The summed E-state index contributed by atoms with van der Waals surface area (Å²) < 4.78 is 0. The van der Waals surface area contributed by atoms with E-state index in [1.54, 1.807) is 6.07 Å². The molecule has 110 valence electrons. The molecule has 1 aromatic carbocycles. The van der Waals surface area contributed by atoms with E-state index in [1.165, 1.54) is 0 Å². The highest BCUT2D eigenvalue weighted by atomic mass is 16.2. The molecule has 2 rings (SSSR count). The van der Waals surface area contributed by atoms with E-state index in [-0.39, 0.29) is 11.9 Å². The van der Waals surface area contributed by atoms with Crippen molar-refractivity contribution in [1.82, 2.24) is 10.2 Å². The third kappa shape index (κ3) is 3.95. The van der Waals surface area contributed by atoms with Crippen LogP contribution in [0, 0.1) is 0 Å². The van der Waals surface area contributed by atoms with Gasteiger partial charge in [0.05, 0.1) is 6.04 Å². The van der Waals surface area contributed by atoms with Crippen LogP contribution in [0.1, 0.15) is 19.8 Å². The Morgan fingerprint density at radius 3 is 3.05 bits per heavy atom. The molecule has 4 N–H and O–H groups in total. The van der Waals surface area contributed by atoms with Crippen LogP contribution in [0.3, 0.4) is 0 Å². The smallest absolute Gasteiger partial charge is 0.241 e. The average molecular weight is 276 g/mol. The molecule has 1 atom stereocenters. The van der Waals surface area contributed by atoms with E-state index < -0.39 is 0 Å². The van der Waals surface area contributed by atoms with Gasteiger partial charge in [0, 0.05) is 31.0 Å². The molecule has 0 spiro atoms. The zero-order valence-corrected chi connectivity index (χ0v) is 12.1. The number of amides is 1. The molecule has 0 bridgehead atoms. The van der Waals surface area contributed by atoms with Crippen LogP contribution in [0.4, 0.5) is 11.4 Å². The molecule has 0 radical (unpaired) electrons. The largest absolute Gasteiger partial charge is 0.399 e. The molecule has 0 saturated carbocycles. The molecule has 5 heteroatoms. The topological polar surface area (TPSA) is 70.4 Å². The number of benzene rings is 1. The Labute approximate surface area is 120 Å². The second kappa shape index (κ2) is 7.26. The number of nitrogens with two attached hydrogens (primary N) is 1. The molecular formula is C15H24N4O.